The molecule has 0 aliphatic rings. The number of hydrogen-bond donors (Lipinski definition) is 2. The number of nitrogens with zero attached hydrogens (tertiary/aromatic N) is 1. The zero-order chi connectivity index (χ0) is 14.5. The van der Waals surface area contributed by atoms with Gasteiger partial charge in [0.15, 0.2) is 0 Å². The maximum Gasteiger partial charge on any atom is 0.342 e. The second kappa shape index (κ2) is 4.37. The predicted octanol–water partition coefficient (Wildman–Crippen LogP) is 1.99. The van der Waals surface area contributed by atoms with Gasteiger partial charge in [-0.3, -0.25) is 4.98 Å². The van der Waals surface area contributed by atoms with Crippen LogP contribution >= 0.6 is 22.9 Å². The molecule has 6 nitrogen and oxygen atoms in total. The van der Waals surface area contributed by atoms with E-state index < -0.39 is 21.6 Å². The molecule has 0 unspecified atom stereocenters. The molecule has 0 spiro atoms. The van der Waals surface area contributed by atoms with Gasteiger partial charge in [-0.05, 0) is 17.5 Å². The average Bonchev–Trinajstić information content (AvgIpc) is 2.94. The van der Waals surface area contributed by atoms with Gasteiger partial charge < -0.3 is 5.11 Å². The number of aromatic hydroxyl groups is 1. The highest BCUT2D eigenvalue weighted by Crippen LogP contribution is 2.34. The van der Waals surface area contributed by atoms with Gasteiger partial charge in [0, 0.05) is 0 Å². The Labute approximate surface area is 121 Å². The number of imidazole rings is 1. The van der Waals surface area contributed by atoms with Crippen LogP contribution in [0.1, 0.15) is 0 Å². The second-order valence-electron chi connectivity index (χ2n) is 3.97. The third-order valence-corrected chi connectivity index (χ3v) is 6.36. The lowest BCUT2D eigenvalue weighted by atomic mass is 10.3. The molecule has 9 heteroatoms. The molecule has 0 saturated carbocycles. The van der Waals surface area contributed by atoms with E-state index in [0.717, 1.165) is 17.5 Å². The summed E-state index contributed by atoms with van der Waals surface area (Å²) in [6.45, 7) is 0. The first-order chi connectivity index (χ1) is 9.39. The van der Waals surface area contributed by atoms with E-state index in [1.807, 2.05) is 4.98 Å². The van der Waals surface area contributed by atoms with E-state index in [-0.39, 0.29) is 4.21 Å². The van der Waals surface area contributed by atoms with E-state index in [2.05, 4.69) is 0 Å². The summed E-state index contributed by atoms with van der Waals surface area (Å²) in [5.41, 5.74) is -0.925. The lowest BCUT2D eigenvalue weighted by Gasteiger charge is -1.99. The number of aromatic nitrogens is 2. The molecule has 0 fully saturated rings. The van der Waals surface area contributed by atoms with Crippen LogP contribution in [0.3, 0.4) is 0 Å². The van der Waals surface area contributed by atoms with E-state index in [1.54, 1.807) is 18.2 Å². The quantitative estimate of drug-likeness (QED) is 0.751. The first-order valence-electron chi connectivity index (χ1n) is 5.34. The number of rotatable bonds is 2. The van der Waals surface area contributed by atoms with Gasteiger partial charge in [0.1, 0.15) is 4.21 Å². The van der Waals surface area contributed by atoms with Crippen molar-refractivity contribution in [1.82, 2.24) is 8.96 Å². The van der Waals surface area contributed by atoms with Crippen molar-refractivity contribution in [2.45, 2.75) is 4.21 Å². The van der Waals surface area contributed by atoms with Crippen LogP contribution in [0.2, 0.25) is 5.02 Å². The van der Waals surface area contributed by atoms with Gasteiger partial charge in [-0.25, -0.2) is 4.79 Å². The molecule has 0 bridgehead atoms. The second-order valence-corrected chi connectivity index (χ2v) is 7.47. The number of halogens is 1. The number of benzene rings is 1. The summed E-state index contributed by atoms with van der Waals surface area (Å²) in [5, 5.41) is 10.3. The Bertz CT molecular complexity index is 968. The molecule has 104 valence electrons. The van der Waals surface area contributed by atoms with E-state index >= 15 is 0 Å². The maximum absolute atomic E-state index is 12.3. The lowest BCUT2D eigenvalue weighted by Crippen LogP contribution is -2.23. The molecule has 3 aromatic rings. The number of thiophene rings is 1. The molecule has 2 aromatic heterocycles. The van der Waals surface area contributed by atoms with Crippen LogP contribution in [0.4, 0.5) is 0 Å². The Morgan fingerprint density at radius 2 is 2.10 bits per heavy atom. The van der Waals surface area contributed by atoms with Crippen LogP contribution in [0.25, 0.3) is 10.1 Å². The highest BCUT2D eigenvalue weighted by Gasteiger charge is 2.23. The Morgan fingerprint density at radius 3 is 2.70 bits per heavy atom. The van der Waals surface area contributed by atoms with Crippen molar-refractivity contribution in [1.29, 1.82) is 0 Å². The van der Waals surface area contributed by atoms with Crippen LogP contribution < -0.4 is 5.69 Å². The monoisotopic (exact) mass is 330 g/mol. The van der Waals surface area contributed by atoms with Crippen molar-refractivity contribution in [3.05, 3.63) is 46.0 Å². The fraction of sp³-hybridized carbons (Fsp3) is 0. The van der Waals surface area contributed by atoms with E-state index in [0.29, 0.717) is 19.1 Å². The molecule has 2 heterocycles. The highest BCUT2D eigenvalue weighted by atomic mass is 35.5. The van der Waals surface area contributed by atoms with Gasteiger partial charge in [0.05, 0.1) is 15.9 Å². The Kier molecular flexibility index (Phi) is 2.89. The van der Waals surface area contributed by atoms with Gasteiger partial charge in [-0.1, -0.05) is 23.7 Å². The van der Waals surface area contributed by atoms with E-state index in [9.17, 15) is 13.2 Å². The molecule has 0 atom stereocenters. The Morgan fingerprint density at radius 1 is 1.35 bits per heavy atom. The van der Waals surface area contributed by atoms with Crippen molar-refractivity contribution in [2.24, 2.45) is 0 Å². The third-order valence-electron chi connectivity index (χ3n) is 2.66. The summed E-state index contributed by atoms with van der Waals surface area (Å²) < 4.78 is 25.8. The van der Waals surface area contributed by atoms with E-state index in [4.69, 9.17) is 16.7 Å². The van der Waals surface area contributed by atoms with Crippen LogP contribution in [0.5, 0.6) is 5.88 Å². The number of aromatic amines is 1. The first kappa shape index (κ1) is 13.2. The minimum absolute atomic E-state index is 0.0262. The SMILES string of the molecule is O=c1[nH]c(O)cn1S(=O)(=O)c1cc2cccc(Cl)c2s1. The van der Waals surface area contributed by atoms with Gasteiger partial charge in [-0.2, -0.15) is 12.4 Å². The Balaban J connectivity index is 2.27. The van der Waals surface area contributed by atoms with Crippen molar-refractivity contribution in [3.63, 3.8) is 0 Å². The lowest BCUT2D eigenvalue weighted by molar-refractivity contribution is 0.455. The van der Waals surface area contributed by atoms with Crippen molar-refractivity contribution in [3.8, 4) is 5.88 Å². The van der Waals surface area contributed by atoms with Crippen LogP contribution in [0.15, 0.2) is 39.5 Å². The van der Waals surface area contributed by atoms with Crippen molar-refractivity contribution >= 4 is 43.0 Å². The Hall–Kier alpha value is -1.77. The summed E-state index contributed by atoms with van der Waals surface area (Å²) in [6, 6.07) is 6.54. The minimum Gasteiger partial charge on any atom is -0.493 e. The number of nitrogens with one attached hydrogen (secondary N) is 1. The van der Waals surface area contributed by atoms with Crippen LogP contribution in [-0.2, 0) is 10.0 Å². The van der Waals surface area contributed by atoms with Crippen molar-refractivity contribution < 1.29 is 13.5 Å². The number of hydrogen-bond acceptors (Lipinski definition) is 5. The minimum atomic E-state index is -4.05. The zero-order valence-electron chi connectivity index (χ0n) is 9.70. The molecule has 0 aliphatic carbocycles. The highest BCUT2D eigenvalue weighted by molar-refractivity contribution is 7.92. The normalized spacial score (nSPS) is 12.1. The summed E-state index contributed by atoms with van der Waals surface area (Å²) >= 11 is 6.97. The van der Waals surface area contributed by atoms with Crippen LogP contribution in [-0.4, -0.2) is 22.5 Å². The average molecular weight is 331 g/mol. The standard InChI is InChI=1S/C11H7ClN2O4S2/c12-7-3-1-2-6-4-9(19-10(6)7)20(17,18)14-5-8(15)13-11(14)16/h1-5,15H,(H,13,16). The molecule has 0 aliphatic heterocycles. The maximum atomic E-state index is 12.3. The smallest absolute Gasteiger partial charge is 0.342 e. The number of H-pyrrole nitrogens is 1. The fourth-order valence-electron chi connectivity index (χ4n) is 1.77. The molecule has 2 N–H and O–H groups in total. The molecule has 0 radical (unpaired) electrons. The molecule has 3 rings (SSSR count). The van der Waals surface area contributed by atoms with Crippen LogP contribution in [0, 0.1) is 0 Å². The molecule has 20 heavy (non-hydrogen) atoms. The van der Waals surface area contributed by atoms with Gasteiger partial charge in [0.2, 0.25) is 5.88 Å². The van der Waals surface area contributed by atoms with Crippen molar-refractivity contribution in [2.75, 3.05) is 0 Å². The molecule has 1 aromatic carbocycles. The topological polar surface area (TPSA) is 92.2 Å². The predicted molar refractivity (Wildman–Crippen MR) is 76.1 cm³/mol. The van der Waals surface area contributed by atoms with E-state index in [1.165, 1.54) is 6.07 Å². The molecular formula is C11H7ClN2O4S2. The first-order valence-corrected chi connectivity index (χ1v) is 7.97. The summed E-state index contributed by atoms with van der Waals surface area (Å²) in [4.78, 5) is 13.5. The van der Waals surface area contributed by atoms with Gasteiger partial charge >= 0.3 is 5.69 Å². The zero-order valence-corrected chi connectivity index (χ0v) is 12.1. The summed E-state index contributed by atoms with van der Waals surface area (Å²) in [6.07, 6.45) is 0.823. The van der Waals surface area contributed by atoms with Gasteiger partial charge in [0.25, 0.3) is 10.0 Å². The largest absolute Gasteiger partial charge is 0.493 e. The number of fused-ring (bicyclic) bond motifs is 1. The summed E-state index contributed by atoms with van der Waals surface area (Å²) in [5.74, 6) is -0.516. The fourth-order valence-corrected chi connectivity index (χ4v) is 4.75. The van der Waals surface area contributed by atoms with Gasteiger partial charge in [-0.15, -0.1) is 11.3 Å². The molecule has 0 saturated heterocycles. The third kappa shape index (κ3) is 1.92. The molecule has 0 amide bonds. The summed E-state index contributed by atoms with van der Waals surface area (Å²) in [7, 11) is -4.05. The molecular weight excluding hydrogens is 324 g/mol.